The number of aryl methyl sites for hydroxylation is 2. The summed E-state index contributed by atoms with van der Waals surface area (Å²) in [5.74, 6) is 0.0990. The van der Waals surface area contributed by atoms with Crippen LogP contribution in [-0.2, 0) is 16.8 Å². The van der Waals surface area contributed by atoms with Gasteiger partial charge < -0.3 is 9.66 Å². The molecule has 1 aromatic carbocycles. The van der Waals surface area contributed by atoms with Crippen molar-refractivity contribution >= 4 is 11.1 Å². The highest BCUT2D eigenvalue weighted by Gasteiger charge is 2.07. The molecule has 2 N–H and O–H groups in total. The summed E-state index contributed by atoms with van der Waals surface area (Å²) in [6, 6.07) is 3.55. The van der Waals surface area contributed by atoms with E-state index in [0.29, 0.717) is 5.56 Å². The van der Waals surface area contributed by atoms with Gasteiger partial charge in [0.2, 0.25) is 0 Å². The number of aromatic hydroxyl groups is 1. The molecule has 4 heteroatoms. The monoisotopic (exact) mass is 200 g/mol. The van der Waals surface area contributed by atoms with E-state index in [9.17, 15) is 9.32 Å². The van der Waals surface area contributed by atoms with E-state index in [0.717, 1.165) is 11.1 Å². The summed E-state index contributed by atoms with van der Waals surface area (Å²) in [5.41, 5.74) is 2.24. The number of hydrogen-bond donors (Lipinski definition) is 2. The first-order valence-electron chi connectivity index (χ1n) is 3.87. The lowest BCUT2D eigenvalue weighted by atomic mass is 10.1. The Hall–Kier alpha value is -0.870. The molecule has 1 aromatic rings. The summed E-state index contributed by atoms with van der Waals surface area (Å²) in [6.45, 7) is 3.66. The molecule has 13 heavy (non-hydrogen) atoms. The van der Waals surface area contributed by atoms with Crippen LogP contribution in [0.5, 0.6) is 5.75 Å². The Morgan fingerprint density at radius 2 is 2.00 bits per heavy atom. The fraction of sp³-hybridized carbons (Fsp3) is 0.333. The van der Waals surface area contributed by atoms with Gasteiger partial charge in [0.1, 0.15) is 5.75 Å². The summed E-state index contributed by atoms with van der Waals surface area (Å²) < 4.78 is 19.2. The first-order valence-corrected chi connectivity index (χ1v) is 5.15. The number of phenols is 1. The number of benzene rings is 1. The summed E-state index contributed by atoms with van der Waals surface area (Å²) in [6.07, 6.45) is 0. The van der Waals surface area contributed by atoms with Crippen molar-refractivity contribution in [3.8, 4) is 5.75 Å². The molecule has 0 fully saturated rings. The normalized spacial score (nSPS) is 12.8. The Labute approximate surface area is 79.7 Å². The van der Waals surface area contributed by atoms with Crippen molar-refractivity contribution in [3.63, 3.8) is 0 Å². The van der Waals surface area contributed by atoms with Crippen molar-refractivity contribution in [2.45, 2.75) is 19.6 Å². The van der Waals surface area contributed by atoms with Crippen molar-refractivity contribution in [1.29, 1.82) is 0 Å². The highest BCUT2D eigenvalue weighted by Crippen LogP contribution is 2.24. The maximum absolute atomic E-state index is 10.5. The standard InChI is InChI=1S/C9H12O3S/c1-6-3-7(2)9(10)8(4-6)5-13(11)12/h3-4,10H,5H2,1-2H3,(H,11,12). The number of phenolic OH excluding ortho intramolecular Hbond substituents is 1. The lowest BCUT2D eigenvalue weighted by Gasteiger charge is -2.06. The predicted molar refractivity (Wildman–Crippen MR) is 52.1 cm³/mol. The molecule has 0 spiro atoms. The van der Waals surface area contributed by atoms with Gasteiger partial charge >= 0.3 is 0 Å². The molecule has 0 aliphatic carbocycles. The molecular weight excluding hydrogens is 188 g/mol. The first kappa shape index (κ1) is 10.2. The smallest absolute Gasteiger partial charge is 0.157 e. The topological polar surface area (TPSA) is 57.5 Å². The minimum Gasteiger partial charge on any atom is -0.507 e. The molecule has 0 aliphatic rings. The third-order valence-electron chi connectivity index (χ3n) is 1.80. The minimum atomic E-state index is -1.90. The van der Waals surface area contributed by atoms with Crippen LogP contribution in [0.25, 0.3) is 0 Å². The second-order valence-corrected chi connectivity index (χ2v) is 3.99. The third-order valence-corrected chi connectivity index (χ3v) is 2.36. The summed E-state index contributed by atoms with van der Waals surface area (Å²) >= 11 is -1.90. The van der Waals surface area contributed by atoms with Crippen LogP contribution in [0.3, 0.4) is 0 Å². The van der Waals surface area contributed by atoms with Crippen molar-refractivity contribution in [1.82, 2.24) is 0 Å². The van der Waals surface area contributed by atoms with Gasteiger partial charge in [0, 0.05) is 5.56 Å². The van der Waals surface area contributed by atoms with Crippen LogP contribution >= 0.6 is 0 Å². The summed E-state index contributed by atoms with van der Waals surface area (Å²) in [7, 11) is 0. The Bertz CT molecular complexity index is 347. The molecule has 1 atom stereocenters. The molecule has 1 unspecified atom stereocenters. The summed E-state index contributed by atoms with van der Waals surface area (Å²) in [5, 5.41) is 9.53. The van der Waals surface area contributed by atoms with Crippen molar-refractivity contribution < 1.29 is 13.9 Å². The molecule has 0 radical (unpaired) electrons. The molecule has 0 aliphatic heterocycles. The zero-order valence-electron chi connectivity index (χ0n) is 7.57. The van der Waals surface area contributed by atoms with Gasteiger partial charge in [-0.05, 0) is 19.4 Å². The number of rotatable bonds is 2. The molecule has 1 rings (SSSR count). The predicted octanol–water partition coefficient (Wildman–Crippen LogP) is 1.73. The van der Waals surface area contributed by atoms with E-state index < -0.39 is 11.1 Å². The fourth-order valence-electron chi connectivity index (χ4n) is 1.29. The molecule has 0 saturated carbocycles. The van der Waals surface area contributed by atoms with E-state index in [2.05, 4.69) is 0 Å². The second kappa shape index (κ2) is 3.89. The third kappa shape index (κ3) is 2.54. The van der Waals surface area contributed by atoms with E-state index in [1.807, 2.05) is 13.0 Å². The maximum Gasteiger partial charge on any atom is 0.157 e. The molecule has 0 amide bonds. The van der Waals surface area contributed by atoms with Crippen molar-refractivity contribution in [2.24, 2.45) is 0 Å². The number of hydrogen-bond acceptors (Lipinski definition) is 2. The van der Waals surface area contributed by atoms with Crippen LogP contribution in [0.4, 0.5) is 0 Å². The van der Waals surface area contributed by atoms with E-state index in [4.69, 9.17) is 4.55 Å². The Balaban J connectivity index is 3.12. The molecule has 0 heterocycles. The first-order chi connectivity index (χ1) is 6.00. The molecule has 3 nitrogen and oxygen atoms in total. The van der Waals surface area contributed by atoms with E-state index in [1.54, 1.807) is 13.0 Å². The highest BCUT2D eigenvalue weighted by atomic mass is 32.2. The van der Waals surface area contributed by atoms with Gasteiger partial charge in [0.05, 0.1) is 5.75 Å². The molecular formula is C9H12O3S. The zero-order valence-corrected chi connectivity index (χ0v) is 8.39. The lowest BCUT2D eigenvalue weighted by Crippen LogP contribution is -1.95. The second-order valence-electron chi connectivity index (χ2n) is 3.06. The van der Waals surface area contributed by atoms with Crippen molar-refractivity contribution in [2.75, 3.05) is 0 Å². The minimum absolute atomic E-state index is 0.0195. The average molecular weight is 200 g/mol. The quantitative estimate of drug-likeness (QED) is 0.715. The Kier molecular flexibility index (Phi) is 3.06. The van der Waals surface area contributed by atoms with Gasteiger partial charge in [0.15, 0.2) is 11.1 Å². The largest absolute Gasteiger partial charge is 0.507 e. The van der Waals surface area contributed by atoms with Crippen LogP contribution in [0.15, 0.2) is 12.1 Å². The van der Waals surface area contributed by atoms with Gasteiger partial charge in [-0.1, -0.05) is 17.7 Å². The van der Waals surface area contributed by atoms with Gasteiger partial charge in [-0.3, -0.25) is 0 Å². The van der Waals surface area contributed by atoms with Crippen LogP contribution in [0.2, 0.25) is 0 Å². The van der Waals surface area contributed by atoms with Crippen LogP contribution in [-0.4, -0.2) is 13.9 Å². The lowest BCUT2D eigenvalue weighted by molar-refractivity contribution is 0.465. The molecule has 72 valence electrons. The van der Waals surface area contributed by atoms with Crippen LogP contribution in [0, 0.1) is 13.8 Å². The zero-order chi connectivity index (χ0) is 10.0. The van der Waals surface area contributed by atoms with Gasteiger partial charge in [-0.15, -0.1) is 0 Å². The Morgan fingerprint density at radius 3 is 2.54 bits per heavy atom. The van der Waals surface area contributed by atoms with Gasteiger partial charge in [0.25, 0.3) is 0 Å². The summed E-state index contributed by atoms with van der Waals surface area (Å²) in [4.78, 5) is 0. The van der Waals surface area contributed by atoms with E-state index in [1.165, 1.54) is 0 Å². The fourth-order valence-corrected chi connectivity index (χ4v) is 1.78. The molecule has 0 aromatic heterocycles. The van der Waals surface area contributed by atoms with Crippen LogP contribution < -0.4 is 0 Å². The van der Waals surface area contributed by atoms with E-state index in [-0.39, 0.29) is 11.5 Å². The van der Waals surface area contributed by atoms with Gasteiger partial charge in [-0.25, -0.2) is 4.21 Å². The van der Waals surface area contributed by atoms with E-state index >= 15 is 0 Å². The van der Waals surface area contributed by atoms with Crippen LogP contribution in [0.1, 0.15) is 16.7 Å². The van der Waals surface area contributed by atoms with Crippen molar-refractivity contribution in [3.05, 3.63) is 28.8 Å². The highest BCUT2D eigenvalue weighted by molar-refractivity contribution is 7.78. The SMILES string of the molecule is Cc1cc(C)c(O)c(CS(=O)O)c1. The molecule has 0 saturated heterocycles. The Morgan fingerprint density at radius 1 is 1.38 bits per heavy atom. The maximum atomic E-state index is 10.5. The molecule has 0 bridgehead atoms. The average Bonchev–Trinajstić information content (AvgIpc) is 1.98. The van der Waals surface area contributed by atoms with Gasteiger partial charge in [-0.2, -0.15) is 0 Å².